The van der Waals surface area contributed by atoms with E-state index in [-0.39, 0.29) is 12.4 Å². The minimum atomic E-state index is -0.631. The number of nitrogens with two attached hydrogens (primary N) is 1. The Kier molecular flexibility index (Phi) is 3.45. The van der Waals surface area contributed by atoms with Crippen LogP contribution in [-0.4, -0.2) is 10.2 Å². The van der Waals surface area contributed by atoms with Gasteiger partial charge in [-0.2, -0.15) is 0 Å². The quantitative estimate of drug-likeness (QED) is 0.644. The second kappa shape index (κ2) is 5.02. The van der Waals surface area contributed by atoms with E-state index in [1.54, 1.807) is 0 Å². The number of hydrazine groups is 1. The predicted molar refractivity (Wildman–Crippen MR) is 58.4 cm³/mol. The van der Waals surface area contributed by atoms with Gasteiger partial charge in [-0.05, 0) is 12.1 Å². The molecule has 0 saturated heterocycles. The summed E-state index contributed by atoms with van der Waals surface area (Å²) in [6, 6.07) is 2.99. The summed E-state index contributed by atoms with van der Waals surface area (Å²) in [6.45, 7) is -0.000278. The molecule has 8 heteroatoms. The van der Waals surface area contributed by atoms with E-state index in [9.17, 15) is 8.78 Å². The van der Waals surface area contributed by atoms with Crippen LogP contribution in [0, 0.1) is 11.6 Å². The summed E-state index contributed by atoms with van der Waals surface area (Å²) in [4.78, 5) is 0. The normalized spacial score (nSPS) is 10.3. The Labute approximate surface area is 99.2 Å². The SMILES string of the molecule is NNc1nnc(COc2cc(F)ccc2F)s1. The summed E-state index contributed by atoms with van der Waals surface area (Å²) in [5, 5.41) is 8.33. The average molecular weight is 258 g/mol. The standard InChI is InChI=1S/C9H8F2N4OS/c10-5-1-2-6(11)7(3-5)16-4-8-14-15-9(13-12)17-8/h1-3H,4,12H2,(H,13,15). The van der Waals surface area contributed by atoms with Gasteiger partial charge in [-0.1, -0.05) is 11.3 Å². The number of nitrogens with zero attached hydrogens (tertiary/aromatic N) is 2. The van der Waals surface area contributed by atoms with Gasteiger partial charge in [0.2, 0.25) is 5.13 Å². The molecule has 1 aromatic heterocycles. The molecule has 0 amide bonds. The van der Waals surface area contributed by atoms with Gasteiger partial charge >= 0.3 is 0 Å². The molecule has 0 fully saturated rings. The summed E-state index contributed by atoms with van der Waals surface area (Å²) in [6.07, 6.45) is 0. The van der Waals surface area contributed by atoms with Crippen LogP contribution in [0.2, 0.25) is 0 Å². The molecule has 17 heavy (non-hydrogen) atoms. The van der Waals surface area contributed by atoms with E-state index in [2.05, 4.69) is 15.6 Å². The van der Waals surface area contributed by atoms with Gasteiger partial charge in [0.25, 0.3) is 0 Å². The number of halogens is 2. The molecule has 0 aliphatic heterocycles. The van der Waals surface area contributed by atoms with Crippen LogP contribution in [0.3, 0.4) is 0 Å². The Hall–Kier alpha value is -1.80. The molecule has 2 rings (SSSR count). The fraction of sp³-hybridized carbons (Fsp3) is 0.111. The number of anilines is 1. The predicted octanol–water partition coefficient (Wildman–Crippen LogP) is 1.68. The maximum atomic E-state index is 13.2. The van der Waals surface area contributed by atoms with Crippen molar-refractivity contribution in [3.05, 3.63) is 34.8 Å². The van der Waals surface area contributed by atoms with Crippen LogP contribution in [-0.2, 0) is 6.61 Å². The molecule has 0 aliphatic rings. The van der Waals surface area contributed by atoms with Crippen LogP contribution in [0.15, 0.2) is 18.2 Å². The highest BCUT2D eigenvalue weighted by Gasteiger charge is 2.08. The number of benzene rings is 1. The largest absolute Gasteiger partial charge is 0.483 e. The van der Waals surface area contributed by atoms with Crippen molar-refractivity contribution in [3.8, 4) is 5.75 Å². The Bertz CT molecular complexity index is 519. The van der Waals surface area contributed by atoms with Gasteiger partial charge in [0, 0.05) is 6.07 Å². The third-order valence-electron chi connectivity index (χ3n) is 1.83. The second-order valence-electron chi connectivity index (χ2n) is 3.01. The topological polar surface area (TPSA) is 73.1 Å². The maximum absolute atomic E-state index is 13.2. The molecule has 1 heterocycles. The van der Waals surface area contributed by atoms with Gasteiger partial charge in [0.15, 0.2) is 16.6 Å². The van der Waals surface area contributed by atoms with Gasteiger partial charge in [-0.15, -0.1) is 10.2 Å². The zero-order valence-electron chi connectivity index (χ0n) is 8.48. The van der Waals surface area contributed by atoms with E-state index in [1.165, 1.54) is 0 Å². The first kappa shape index (κ1) is 11.7. The Morgan fingerprint density at radius 1 is 1.35 bits per heavy atom. The molecule has 1 aromatic carbocycles. The second-order valence-corrected chi connectivity index (χ2v) is 4.07. The first-order valence-electron chi connectivity index (χ1n) is 4.56. The highest BCUT2D eigenvalue weighted by molar-refractivity contribution is 7.15. The monoisotopic (exact) mass is 258 g/mol. The minimum absolute atomic E-state index is 0.000278. The lowest BCUT2D eigenvalue weighted by atomic mass is 10.3. The number of nitrogens with one attached hydrogen (secondary N) is 1. The van der Waals surface area contributed by atoms with Crippen molar-refractivity contribution in [2.24, 2.45) is 5.84 Å². The smallest absolute Gasteiger partial charge is 0.219 e. The molecular formula is C9H8F2N4OS. The van der Waals surface area contributed by atoms with E-state index in [4.69, 9.17) is 10.6 Å². The van der Waals surface area contributed by atoms with Crippen molar-refractivity contribution >= 4 is 16.5 Å². The van der Waals surface area contributed by atoms with Gasteiger partial charge in [0.05, 0.1) is 0 Å². The molecule has 0 aliphatic carbocycles. The number of ether oxygens (including phenoxy) is 1. The number of rotatable bonds is 4. The maximum Gasteiger partial charge on any atom is 0.219 e. The Morgan fingerprint density at radius 3 is 2.88 bits per heavy atom. The highest BCUT2D eigenvalue weighted by Crippen LogP contribution is 2.21. The van der Waals surface area contributed by atoms with Crippen LogP contribution in [0.5, 0.6) is 5.75 Å². The summed E-state index contributed by atoms with van der Waals surface area (Å²) >= 11 is 1.16. The van der Waals surface area contributed by atoms with Crippen LogP contribution in [0.1, 0.15) is 5.01 Å². The number of aromatic nitrogens is 2. The van der Waals surface area contributed by atoms with E-state index in [0.29, 0.717) is 10.1 Å². The third-order valence-corrected chi connectivity index (χ3v) is 2.66. The average Bonchev–Trinajstić information content (AvgIpc) is 2.78. The summed E-state index contributed by atoms with van der Waals surface area (Å²) in [5.41, 5.74) is 2.32. The first-order chi connectivity index (χ1) is 8.19. The fourth-order valence-corrected chi connectivity index (χ4v) is 1.66. The molecule has 0 atom stereocenters. The van der Waals surface area contributed by atoms with Gasteiger partial charge in [0.1, 0.15) is 12.4 Å². The van der Waals surface area contributed by atoms with Crippen molar-refractivity contribution in [1.29, 1.82) is 0 Å². The lowest BCUT2D eigenvalue weighted by Crippen LogP contribution is -2.05. The zero-order valence-corrected chi connectivity index (χ0v) is 9.30. The molecule has 3 N–H and O–H groups in total. The van der Waals surface area contributed by atoms with Crippen molar-refractivity contribution in [3.63, 3.8) is 0 Å². The molecule has 0 unspecified atom stereocenters. The van der Waals surface area contributed by atoms with Crippen LogP contribution < -0.4 is 16.0 Å². The van der Waals surface area contributed by atoms with Gasteiger partial charge in [-0.3, -0.25) is 5.43 Å². The van der Waals surface area contributed by atoms with Gasteiger partial charge in [-0.25, -0.2) is 14.6 Å². The van der Waals surface area contributed by atoms with E-state index >= 15 is 0 Å². The lowest BCUT2D eigenvalue weighted by Gasteiger charge is -2.04. The molecule has 0 bridgehead atoms. The molecular weight excluding hydrogens is 250 g/mol. The zero-order chi connectivity index (χ0) is 12.3. The summed E-state index contributed by atoms with van der Waals surface area (Å²) < 4.78 is 31.1. The van der Waals surface area contributed by atoms with Crippen molar-refractivity contribution < 1.29 is 13.5 Å². The van der Waals surface area contributed by atoms with E-state index in [1.807, 2.05) is 0 Å². The van der Waals surface area contributed by atoms with E-state index in [0.717, 1.165) is 29.5 Å². The highest BCUT2D eigenvalue weighted by atomic mass is 32.1. The molecule has 0 saturated carbocycles. The number of hydrogen-bond acceptors (Lipinski definition) is 6. The Morgan fingerprint density at radius 2 is 2.18 bits per heavy atom. The van der Waals surface area contributed by atoms with Crippen LogP contribution >= 0.6 is 11.3 Å². The minimum Gasteiger partial charge on any atom is -0.483 e. The molecule has 0 radical (unpaired) electrons. The molecule has 90 valence electrons. The lowest BCUT2D eigenvalue weighted by molar-refractivity contribution is 0.287. The molecule has 5 nitrogen and oxygen atoms in total. The van der Waals surface area contributed by atoms with E-state index < -0.39 is 11.6 Å². The van der Waals surface area contributed by atoms with Crippen LogP contribution in [0.25, 0.3) is 0 Å². The van der Waals surface area contributed by atoms with Crippen molar-refractivity contribution in [2.45, 2.75) is 6.61 Å². The molecule has 0 spiro atoms. The number of hydrogen-bond donors (Lipinski definition) is 2. The summed E-state index contributed by atoms with van der Waals surface area (Å²) in [5.74, 6) is 3.76. The third kappa shape index (κ3) is 2.86. The van der Waals surface area contributed by atoms with Gasteiger partial charge < -0.3 is 4.74 Å². The Balaban J connectivity index is 2.04. The van der Waals surface area contributed by atoms with Crippen molar-refractivity contribution in [1.82, 2.24) is 10.2 Å². The van der Waals surface area contributed by atoms with Crippen molar-refractivity contribution in [2.75, 3.05) is 5.43 Å². The number of nitrogen functional groups attached to an aromatic ring is 1. The fourth-order valence-electron chi connectivity index (χ4n) is 1.10. The molecule has 2 aromatic rings. The summed E-state index contributed by atoms with van der Waals surface area (Å²) in [7, 11) is 0. The van der Waals surface area contributed by atoms with Crippen LogP contribution in [0.4, 0.5) is 13.9 Å². The first-order valence-corrected chi connectivity index (χ1v) is 5.37.